The van der Waals surface area contributed by atoms with Crippen LogP contribution in [-0.4, -0.2) is 10.2 Å². The average molecular weight is 425 g/mol. The fraction of sp³-hybridized carbons (Fsp3) is 0.643. The van der Waals surface area contributed by atoms with E-state index in [9.17, 15) is 4.39 Å². The molecule has 1 aromatic heterocycles. The van der Waals surface area contributed by atoms with E-state index in [1.165, 1.54) is 70.6 Å². The second kappa shape index (κ2) is 12.9. The summed E-state index contributed by atoms with van der Waals surface area (Å²) in [7, 11) is 0. The summed E-state index contributed by atoms with van der Waals surface area (Å²) in [5, 5.41) is 8.64. The van der Waals surface area contributed by atoms with E-state index >= 15 is 0 Å². The summed E-state index contributed by atoms with van der Waals surface area (Å²) < 4.78 is 14.8. The van der Waals surface area contributed by atoms with E-state index in [1.54, 1.807) is 6.07 Å². The molecular formula is C28H41FN2. The Morgan fingerprint density at radius 1 is 0.774 bits per heavy atom. The van der Waals surface area contributed by atoms with Gasteiger partial charge >= 0.3 is 0 Å². The first kappa shape index (κ1) is 23.9. The van der Waals surface area contributed by atoms with Gasteiger partial charge in [0.1, 0.15) is 5.82 Å². The predicted octanol–water partition coefficient (Wildman–Crippen LogP) is 8.33. The van der Waals surface area contributed by atoms with Gasteiger partial charge < -0.3 is 0 Å². The number of hydrogen-bond donors (Lipinski definition) is 0. The Balaban J connectivity index is 1.48. The Morgan fingerprint density at radius 2 is 1.52 bits per heavy atom. The lowest BCUT2D eigenvalue weighted by molar-refractivity contribution is 0.252. The van der Waals surface area contributed by atoms with Crippen LogP contribution in [-0.2, 0) is 12.8 Å². The molecule has 0 unspecified atom stereocenters. The minimum atomic E-state index is -0.175. The summed E-state index contributed by atoms with van der Waals surface area (Å²) in [5.41, 5.74) is 3.30. The minimum Gasteiger partial charge on any atom is -0.206 e. The molecule has 0 amide bonds. The molecule has 170 valence electrons. The second-order valence-corrected chi connectivity index (χ2v) is 9.60. The first-order chi connectivity index (χ1) is 15.2. The molecule has 1 heterocycles. The first-order valence-electron chi connectivity index (χ1n) is 12.8. The number of aromatic nitrogens is 2. The van der Waals surface area contributed by atoms with Crippen molar-refractivity contribution in [1.29, 1.82) is 0 Å². The lowest BCUT2D eigenvalue weighted by Gasteiger charge is -2.28. The van der Waals surface area contributed by atoms with Crippen molar-refractivity contribution in [2.24, 2.45) is 11.8 Å². The number of benzene rings is 1. The van der Waals surface area contributed by atoms with E-state index in [-0.39, 0.29) is 5.82 Å². The van der Waals surface area contributed by atoms with Gasteiger partial charge in [0.25, 0.3) is 0 Å². The Labute approximate surface area is 189 Å². The molecule has 0 N–H and O–H groups in total. The number of aryl methyl sites for hydroxylation is 2. The largest absolute Gasteiger partial charge is 0.206 e. The molecule has 0 radical (unpaired) electrons. The number of rotatable bonds is 12. The lowest BCUT2D eigenvalue weighted by atomic mass is 9.78. The van der Waals surface area contributed by atoms with Crippen LogP contribution < -0.4 is 0 Å². The monoisotopic (exact) mass is 424 g/mol. The van der Waals surface area contributed by atoms with Gasteiger partial charge in [-0.15, -0.1) is 0 Å². The third-order valence-electron chi connectivity index (χ3n) is 7.07. The van der Waals surface area contributed by atoms with Crippen molar-refractivity contribution >= 4 is 0 Å². The fourth-order valence-corrected chi connectivity index (χ4v) is 5.06. The number of unbranched alkanes of at least 4 members (excludes halogenated alkanes) is 4. The SMILES string of the molecule is CCCCCCCc1ccc(-c2ccc(CCC3CCC(CCC)CC3)cc2F)nn1. The first-order valence-corrected chi connectivity index (χ1v) is 12.8. The van der Waals surface area contributed by atoms with Crippen LogP contribution in [0, 0.1) is 17.7 Å². The quantitative estimate of drug-likeness (QED) is 0.320. The van der Waals surface area contributed by atoms with Crippen molar-refractivity contribution in [3.63, 3.8) is 0 Å². The molecule has 2 nitrogen and oxygen atoms in total. The highest BCUT2D eigenvalue weighted by molar-refractivity contribution is 5.59. The summed E-state index contributed by atoms with van der Waals surface area (Å²) in [6, 6.07) is 9.59. The van der Waals surface area contributed by atoms with Crippen LogP contribution in [0.25, 0.3) is 11.3 Å². The van der Waals surface area contributed by atoms with Crippen LogP contribution in [0.15, 0.2) is 30.3 Å². The van der Waals surface area contributed by atoms with Gasteiger partial charge in [0, 0.05) is 5.56 Å². The second-order valence-electron chi connectivity index (χ2n) is 9.60. The molecule has 1 aliphatic rings. The smallest absolute Gasteiger partial charge is 0.132 e. The van der Waals surface area contributed by atoms with Crippen LogP contribution in [0.5, 0.6) is 0 Å². The van der Waals surface area contributed by atoms with Crippen LogP contribution in [0.1, 0.15) is 102 Å². The maximum atomic E-state index is 14.8. The van der Waals surface area contributed by atoms with Gasteiger partial charge in [0.2, 0.25) is 0 Å². The number of halogens is 1. The Morgan fingerprint density at radius 3 is 2.16 bits per heavy atom. The van der Waals surface area contributed by atoms with Gasteiger partial charge in [0.05, 0.1) is 11.4 Å². The molecule has 0 bridgehead atoms. The molecule has 0 atom stereocenters. The topological polar surface area (TPSA) is 25.8 Å². The van der Waals surface area contributed by atoms with Gasteiger partial charge in [-0.1, -0.05) is 84.1 Å². The Kier molecular flexibility index (Phi) is 9.96. The molecule has 0 aliphatic heterocycles. The van der Waals surface area contributed by atoms with E-state index in [1.807, 2.05) is 18.2 Å². The number of nitrogens with zero attached hydrogens (tertiary/aromatic N) is 2. The Bertz CT molecular complexity index is 763. The average Bonchev–Trinajstić information content (AvgIpc) is 2.79. The molecule has 0 spiro atoms. The molecule has 1 saturated carbocycles. The van der Waals surface area contributed by atoms with E-state index < -0.39 is 0 Å². The molecule has 1 fully saturated rings. The normalized spacial score (nSPS) is 18.9. The van der Waals surface area contributed by atoms with Crippen molar-refractivity contribution in [3.8, 4) is 11.3 Å². The van der Waals surface area contributed by atoms with Gasteiger partial charge in [0.15, 0.2) is 0 Å². The van der Waals surface area contributed by atoms with Crippen LogP contribution >= 0.6 is 0 Å². The summed E-state index contributed by atoms with van der Waals surface area (Å²) in [4.78, 5) is 0. The van der Waals surface area contributed by atoms with Gasteiger partial charge in [-0.05, 0) is 67.3 Å². The highest BCUT2D eigenvalue weighted by Crippen LogP contribution is 2.34. The zero-order valence-corrected chi connectivity index (χ0v) is 19.7. The molecule has 2 aromatic rings. The van der Waals surface area contributed by atoms with Gasteiger partial charge in [-0.25, -0.2) is 4.39 Å². The molecule has 1 aliphatic carbocycles. The van der Waals surface area contributed by atoms with Gasteiger partial charge in [-0.3, -0.25) is 0 Å². The minimum absolute atomic E-state index is 0.175. The molecule has 3 heteroatoms. The molecule has 0 saturated heterocycles. The highest BCUT2D eigenvalue weighted by atomic mass is 19.1. The van der Waals surface area contributed by atoms with Crippen LogP contribution in [0.2, 0.25) is 0 Å². The van der Waals surface area contributed by atoms with Crippen molar-refractivity contribution in [3.05, 3.63) is 47.4 Å². The van der Waals surface area contributed by atoms with Crippen molar-refractivity contribution in [1.82, 2.24) is 10.2 Å². The summed E-state index contributed by atoms with van der Waals surface area (Å²) in [6.07, 6.45) is 17.6. The zero-order chi connectivity index (χ0) is 21.9. The molecular weight excluding hydrogens is 383 g/mol. The van der Waals surface area contributed by atoms with Crippen LogP contribution in [0.4, 0.5) is 4.39 Å². The molecule has 1 aromatic carbocycles. The van der Waals surface area contributed by atoms with E-state index in [0.29, 0.717) is 11.3 Å². The van der Waals surface area contributed by atoms with Crippen molar-refractivity contribution in [2.45, 2.75) is 104 Å². The third-order valence-corrected chi connectivity index (χ3v) is 7.07. The standard InChI is InChI=1S/C28H41FN2/c1-3-5-6-7-8-10-25-18-20-28(31-30-25)26-19-17-24(21-27(26)29)16-15-23-13-11-22(9-4-2)12-14-23/h17-23H,3-16H2,1-2H3. The molecule has 31 heavy (non-hydrogen) atoms. The fourth-order valence-electron chi connectivity index (χ4n) is 5.06. The lowest BCUT2D eigenvalue weighted by Crippen LogP contribution is -2.15. The van der Waals surface area contributed by atoms with Crippen molar-refractivity contribution in [2.75, 3.05) is 0 Å². The highest BCUT2D eigenvalue weighted by Gasteiger charge is 2.20. The van der Waals surface area contributed by atoms with E-state index in [0.717, 1.165) is 42.4 Å². The van der Waals surface area contributed by atoms with E-state index in [2.05, 4.69) is 30.1 Å². The van der Waals surface area contributed by atoms with Gasteiger partial charge in [-0.2, -0.15) is 10.2 Å². The maximum Gasteiger partial charge on any atom is 0.132 e. The summed E-state index contributed by atoms with van der Waals surface area (Å²) in [5.74, 6) is 1.59. The number of hydrogen-bond acceptors (Lipinski definition) is 2. The van der Waals surface area contributed by atoms with Crippen molar-refractivity contribution < 1.29 is 4.39 Å². The maximum absolute atomic E-state index is 14.8. The Hall–Kier alpha value is -1.77. The van der Waals surface area contributed by atoms with Crippen LogP contribution in [0.3, 0.4) is 0 Å². The van der Waals surface area contributed by atoms with E-state index in [4.69, 9.17) is 0 Å². The predicted molar refractivity (Wildman–Crippen MR) is 129 cm³/mol. The molecule has 3 rings (SSSR count). The third kappa shape index (κ3) is 7.70. The summed E-state index contributed by atoms with van der Waals surface area (Å²) >= 11 is 0. The summed E-state index contributed by atoms with van der Waals surface area (Å²) in [6.45, 7) is 4.52. The zero-order valence-electron chi connectivity index (χ0n) is 19.7.